The van der Waals surface area contributed by atoms with Crippen molar-refractivity contribution >= 4 is 23.4 Å². The maximum absolute atomic E-state index is 13.0. The van der Waals surface area contributed by atoms with Gasteiger partial charge in [0.15, 0.2) is 0 Å². The smallest absolute Gasteiger partial charge is 0.224 e. The Kier molecular flexibility index (Phi) is 7.59. The average Bonchev–Trinajstić information content (AvgIpc) is 2.75. The number of anilines is 1. The average molecular weight is 427 g/mol. The summed E-state index contributed by atoms with van der Waals surface area (Å²) in [5.41, 5.74) is 8.06. The monoisotopic (exact) mass is 427 g/mol. The van der Waals surface area contributed by atoms with Crippen LogP contribution < -0.4 is 21.1 Å². The van der Waals surface area contributed by atoms with Crippen molar-refractivity contribution in [2.75, 3.05) is 18.5 Å². The van der Waals surface area contributed by atoms with Crippen LogP contribution in [0.4, 0.5) is 10.1 Å². The fraction of sp³-hybridized carbons (Fsp3) is 0.348. The minimum Gasteiger partial charge on any atom is -0.494 e. The van der Waals surface area contributed by atoms with Crippen LogP contribution in [-0.2, 0) is 27.2 Å². The third-order valence-corrected chi connectivity index (χ3v) is 5.13. The molecule has 31 heavy (non-hydrogen) atoms. The van der Waals surface area contributed by atoms with E-state index in [1.54, 1.807) is 18.2 Å². The van der Waals surface area contributed by atoms with Crippen LogP contribution in [0.2, 0.25) is 0 Å². The quantitative estimate of drug-likeness (QED) is 0.506. The number of carbonyl (C=O) groups is 3. The van der Waals surface area contributed by atoms with Gasteiger partial charge < -0.3 is 21.1 Å². The Morgan fingerprint density at radius 3 is 2.68 bits per heavy atom. The van der Waals surface area contributed by atoms with Gasteiger partial charge in [-0.3, -0.25) is 14.4 Å². The molecule has 2 aromatic rings. The maximum Gasteiger partial charge on any atom is 0.224 e. The van der Waals surface area contributed by atoms with Crippen molar-refractivity contribution in [2.45, 2.75) is 32.1 Å². The third kappa shape index (κ3) is 6.80. The molecule has 1 aliphatic rings. The molecule has 0 bridgehead atoms. The molecule has 3 rings (SSSR count). The fourth-order valence-corrected chi connectivity index (χ4v) is 3.38. The zero-order valence-corrected chi connectivity index (χ0v) is 17.2. The highest BCUT2D eigenvalue weighted by molar-refractivity contribution is 5.94. The van der Waals surface area contributed by atoms with Crippen LogP contribution in [0.25, 0.3) is 0 Å². The van der Waals surface area contributed by atoms with Crippen molar-refractivity contribution in [3.8, 4) is 5.75 Å². The first-order valence-corrected chi connectivity index (χ1v) is 10.3. The number of primary amides is 1. The Morgan fingerprint density at radius 2 is 1.94 bits per heavy atom. The Bertz CT molecular complexity index is 946. The number of aryl methyl sites for hydroxylation is 1. The molecule has 7 nitrogen and oxygen atoms in total. The summed E-state index contributed by atoms with van der Waals surface area (Å²) in [6, 6.07) is 11.4. The molecular weight excluding hydrogens is 401 g/mol. The Balaban J connectivity index is 1.38. The SMILES string of the molecule is NC(=O)C(CNC(=O)CCCOc1ccc2c(c1)CCC(=O)N2)Cc1ccc(F)cc1. The number of rotatable bonds is 10. The second-order valence-electron chi connectivity index (χ2n) is 7.55. The lowest BCUT2D eigenvalue weighted by atomic mass is 9.98. The summed E-state index contributed by atoms with van der Waals surface area (Å²) in [5.74, 6) is -0.913. The molecule has 164 valence electrons. The second kappa shape index (κ2) is 10.6. The molecule has 0 spiro atoms. The van der Waals surface area contributed by atoms with Crippen molar-refractivity contribution in [1.29, 1.82) is 0 Å². The van der Waals surface area contributed by atoms with Crippen LogP contribution >= 0.6 is 0 Å². The number of hydrogen-bond acceptors (Lipinski definition) is 4. The molecule has 0 fully saturated rings. The highest BCUT2D eigenvalue weighted by Gasteiger charge is 2.18. The van der Waals surface area contributed by atoms with Crippen LogP contribution in [-0.4, -0.2) is 30.9 Å². The topological polar surface area (TPSA) is 111 Å². The molecular formula is C23H26FN3O4. The highest BCUT2D eigenvalue weighted by atomic mass is 19.1. The van der Waals surface area contributed by atoms with Gasteiger partial charge in [0.1, 0.15) is 11.6 Å². The number of nitrogens with two attached hydrogens (primary N) is 1. The summed E-state index contributed by atoms with van der Waals surface area (Å²) < 4.78 is 18.7. The van der Waals surface area contributed by atoms with E-state index in [1.807, 2.05) is 12.1 Å². The minimum absolute atomic E-state index is 0.0171. The number of carbonyl (C=O) groups excluding carboxylic acids is 3. The van der Waals surface area contributed by atoms with Gasteiger partial charge in [-0.1, -0.05) is 12.1 Å². The molecule has 1 heterocycles. The first kappa shape index (κ1) is 22.3. The summed E-state index contributed by atoms with van der Waals surface area (Å²) in [4.78, 5) is 35.2. The number of ether oxygens (including phenoxy) is 1. The molecule has 0 aliphatic carbocycles. The molecule has 1 aliphatic heterocycles. The molecule has 0 radical (unpaired) electrons. The molecule has 8 heteroatoms. The van der Waals surface area contributed by atoms with Gasteiger partial charge in [0.2, 0.25) is 17.7 Å². The number of amides is 3. The van der Waals surface area contributed by atoms with Gasteiger partial charge in [-0.05, 0) is 60.7 Å². The van der Waals surface area contributed by atoms with Crippen molar-refractivity contribution in [3.05, 3.63) is 59.4 Å². The maximum atomic E-state index is 13.0. The zero-order chi connectivity index (χ0) is 22.2. The van der Waals surface area contributed by atoms with E-state index in [9.17, 15) is 18.8 Å². The molecule has 0 aromatic heterocycles. The third-order valence-electron chi connectivity index (χ3n) is 5.13. The summed E-state index contributed by atoms with van der Waals surface area (Å²) in [6.07, 6.45) is 2.24. The molecule has 1 unspecified atom stereocenters. The summed E-state index contributed by atoms with van der Waals surface area (Å²) >= 11 is 0. The fourth-order valence-electron chi connectivity index (χ4n) is 3.38. The van der Waals surface area contributed by atoms with Crippen molar-refractivity contribution in [3.63, 3.8) is 0 Å². The van der Waals surface area contributed by atoms with Crippen LogP contribution in [0.1, 0.15) is 30.4 Å². The molecule has 2 aromatic carbocycles. The van der Waals surface area contributed by atoms with Crippen LogP contribution in [0.15, 0.2) is 42.5 Å². The lowest BCUT2D eigenvalue weighted by Gasteiger charge is -2.17. The van der Waals surface area contributed by atoms with E-state index in [0.717, 1.165) is 16.8 Å². The normalized spacial score (nSPS) is 13.6. The van der Waals surface area contributed by atoms with Crippen molar-refractivity contribution in [2.24, 2.45) is 11.7 Å². The van der Waals surface area contributed by atoms with Gasteiger partial charge in [-0.15, -0.1) is 0 Å². The van der Waals surface area contributed by atoms with E-state index >= 15 is 0 Å². The molecule has 0 saturated carbocycles. The summed E-state index contributed by atoms with van der Waals surface area (Å²) in [5, 5.41) is 5.55. The van der Waals surface area contributed by atoms with E-state index in [0.29, 0.717) is 38.0 Å². The van der Waals surface area contributed by atoms with Gasteiger partial charge in [0.25, 0.3) is 0 Å². The van der Waals surface area contributed by atoms with Gasteiger partial charge in [-0.2, -0.15) is 0 Å². The molecule has 1 atom stereocenters. The van der Waals surface area contributed by atoms with Gasteiger partial charge >= 0.3 is 0 Å². The molecule has 3 amide bonds. The van der Waals surface area contributed by atoms with Crippen LogP contribution in [0, 0.1) is 11.7 Å². The highest BCUT2D eigenvalue weighted by Crippen LogP contribution is 2.26. The number of benzene rings is 2. The van der Waals surface area contributed by atoms with Gasteiger partial charge in [0, 0.05) is 25.1 Å². The summed E-state index contributed by atoms with van der Waals surface area (Å²) in [6.45, 7) is 0.496. The Morgan fingerprint density at radius 1 is 1.16 bits per heavy atom. The summed E-state index contributed by atoms with van der Waals surface area (Å²) in [7, 11) is 0. The van der Waals surface area contributed by atoms with E-state index in [-0.39, 0.29) is 30.6 Å². The van der Waals surface area contributed by atoms with Gasteiger partial charge in [-0.25, -0.2) is 4.39 Å². The number of halogens is 1. The molecule has 4 N–H and O–H groups in total. The van der Waals surface area contributed by atoms with E-state index < -0.39 is 11.8 Å². The Labute approximate surface area is 180 Å². The zero-order valence-electron chi connectivity index (χ0n) is 17.2. The number of fused-ring (bicyclic) bond motifs is 1. The second-order valence-corrected chi connectivity index (χ2v) is 7.55. The predicted molar refractivity (Wildman–Crippen MR) is 114 cm³/mol. The van der Waals surface area contributed by atoms with Crippen molar-refractivity contribution < 1.29 is 23.5 Å². The van der Waals surface area contributed by atoms with E-state index in [2.05, 4.69) is 10.6 Å². The van der Waals surface area contributed by atoms with Gasteiger partial charge in [0.05, 0.1) is 12.5 Å². The first-order valence-electron chi connectivity index (χ1n) is 10.3. The molecule has 0 saturated heterocycles. The van der Waals surface area contributed by atoms with E-state index in [1.165, 1.54) is 12.1 Å². The lowest BCUT2D eigenvalue weighted by molar-refractivity contribution is -0.123. The first-order chi connectivity index (χ1) is 14.9. The predicted octanol–water partition coefficient (Wildman–Crippen LogP) is 2.33. The number of hydrogen-bond donors (Lipinski definition) is 3. The largest absolute Gasteiger partial charge is 0.494 e. The van der Waals surface area contributed by atoms with Crippen LogP contribution in [0.3, 0.4) is 0 Å². The van der Waals surface area contributed by atoms with E-state index in [4.69, 9.17) is 10.5 Å². The van der Waals surface area contributed by atoms with Crippen molar-refractivity contribution in [1.82, 2.24) is 5.32 Å². The standard InChI is InChI=1S/C23H26FN3O4/c24-18-6-3-15(4-7-18)12-17(23(25)30)14-26-21(28)2-1-11-31-19-8-9-20-16(13-19)5-10-22(29)27-20/h3-4,6-9,13,17H,1-2,5,10-12,14H2,(H2,25,30)(H,26,28)(H,27,29). The lowest BCUT2D eigenvalue weighted by Crippen LogP contribution is -2.37. The minimum atomic E-state index is -0.568. The number of nitrogens with one attached hydrogen (secondary N) is 2. The Hall–Kier alpha value is -3.42. The van der Waals surface area contributed by atoms with Crippen LogP contribution in [0.5, 0.6) is 5.75 Å².